The number of hydrogen-bond donors (Lipinski definition) is 0. The molecule has 0 aliphatic carbocycles. The van der Waals surface area contributed by atoms with Crippen LogP contribution in [0.3, 0.4) is 0 Å². The molecule has 4 nitrogen and oxygen atoms in total. The molecule has 100 valence electrons. The zero-order valence-corrected chi connectivity index (χ0v) is 11.3. The summed E-state index contributed by atoms with van der Waals surface area (Å²) in [6.45, 7) is 1.68. The predicted octanol–water partition coefficient (Wildman–Crippen LogP) is 1.73. The summed E-state index contributed by atoms with van der Waals surface area (Å²) in [6.07, 6.45) is 1.26. The number of methoxy groups -OCH3 is 1. The van der Waals surface area contributed by atoms with Crippen LogP contribution >= 0.6 is 0 Å². The lowest BCUT2D eigenvalue weighted by Crippen LogP contribution is -2.15. The Morgan fingerprint density at radius 1 is 1.33 bits per heavy atom. The molecular formula is C14H21NO3. The summed E-state index contributed by atoms with van der Waals surface area (Å²) in [5, 5.41) is 0. The Kier molecular flexibility index (Phi) is 6.22. The number of hydrogen-bond acceptors (Lipinski definition) is 4. The number of carbonyl (C=O) groups excluding carboxylic acids is 1. The normalized spacial score (nSPS) is 10.4. The fourth-order valence-electron chi connectivity index (χ4n) is 1.55. The van der Waals surface area contributed by atoms with Crippen LogP contribution in [0.5, 0.6) is 5.75 Å². The molecule has 0 saturated heterocycles. The van der Waals surface area contributed by atoms with Crippen molar-refractivity contribution in [3.05, 3.63) is 29.8 Å². The van der Waals surface area contributed by atoms with Crippen LogP contribution in [0.2, 0.25) is 0 Å². The molecule has 0 saturated carbocycles. The van der Waals surface area contributed by atoms with E-state index in [1.54, 1.807) is 0 Å². The quantitative estimate of drug-likeness (QED) is 0.546. The van der Waals surface area contributed by atoms with Gasteiger partial charge in [-0.15, -0.1) is 0 Å². The first-order valence-corrected chi connectivity index (χ1v) is 6.05. The molecule has 0 amide bonds. The standard InChI is InChI=1S/C14H21NO3/c1-15(2)8-5-9-18-13-7-4-6-12(10-13)11-14(16)17-3/h4,6-7,10H,5,8-9,11H2,1-3H3. The first-order valence-electron chi connectivity index (χ1n) is 6.05. The van der Waals surface area contributed by atoms with Gasteiger partial charge in [0, 0.05) is 6.54 Å². The van der Waals surface area contributed by atoms with E-state index in [2.05, 4.69) is 9.64 Å². The van der Waals surface area contributed by atoms with Crippen LogP contribution < -0.4 is 4.74 Å². The average molecular weight is 251 g/mol. The van der Waals surface area contributed by atoms with Gasteiger partial charge >= 0.3 is 5.97 Å². The number of carbonyl (C=O) groups is 1. The van der Waals surface area contributed by atoms with Crippen molar-refractivity contribution in [3.63, 3.8) is 0 Å². The molecule has 0 aromatic heterocycles. The van der Waals surface area contributed by atoms with Gasteiger partial charge < -0.3 is 14.4 Å². The Bertz CT molecular complexity index is 377. The minimum Gasteiger partial charge on any atom is -0.494 e. The molecule has 1 aromatic carbocycles. The molecule has 0 unspecified atom stereocenters. The third-order valence-electron chi connectivity index (χ3n) is 2.49. The molecule has 1 rings (SSSR count). The van der Waals surface area contributed by atoms with Crippen molar-refractivity contribution in [1.29, 1.82) is 0 Å². The van der Waals surface area contributed by atoms with Crippen LogP contribution in [0.4, 0.5) is 0 Å². The first-order chi connectivity index (χ1) is 8.61. The summed E-state index contributed by atoms with van der Waals surface area (Å²) in [5.41, 5.74) is 0.909. The van der Waals surface area contributed by atoms with Crippen LogP contribution in [0.1, 0.15) is 12.0 Å². The van der Waals surface area contributed by atoms with E-state index in [4.69, 9.17) is 4.74 Å². The van der Waals surface area contributed by atoms with E-state index in [-0.39, 0.29) is 12.4 Å². The number of ether oxygens (including phenoxy) is 2. The molecular weight excluding hydrogens is 230 g/mol. The second kappa shape index (κ2) is 7.71. The molecule has 1 aromatic rings. The minimum absolute atomic E-state index is 0.236. The second-order valence-electron chi connectivity index (χ2n) is 4.41. The van der Waals surface area contributed by atoms with Crippen molar-refractivity contribution < 1.29 is 14.3 Å². The number of nitrogens with zero attached hydrogens (tertiary/aromatic N) is 1. The molecule has 4 heteroatoms. The van der Waals surface area contributed by atoms with Gasteiger partial charge in [-0.2, -0.15) is 0 Å². The maximum atomic E-state index is 11.2. The van der Waals surface area contributed by atoms with Gasteiger partial charge in [-0.25, -0.2) is 0 Å². The smallest absolute Gasteiger partial charge is 0.309 e. The lowest BCUT2D eigenvalue weighted by molar-refractivity contribution is -0.139. The zero-order valence-electron chi connectivity index (χ0n) is 11.3. The summed E-state index contributed by atoms with van der Waals surface area (Å²) in [4.78, 5) is 13.3. The van der Waals surface area contributed by atoms with E-state index in [1.165, 1.54) is 7.11 Å². The highest BCUT2D eigenvalue weighted by Crippen LogP contribution is 2.14. The van der Waals surface area contributed by atoms with E-state index in [1.807, 2.05) is 38.4 Å². The summed E-state index contributed by atoms with van der Waals surface area (Å²) >= 11 is 0. The Morgan fingerprint density at radius 3 is 2.78 bits per heavy atom. The van der Waals surface area contributed by atoms with E-state index in [0.717, 1.165) is 24.3 Å². The lowest BCUT2D eigenvalue weighted by Gasteiger charge is -2.11. The molecule has 0 radical (unpaired) electrons. The van der Waals surface area contributed by atoms with Gasteiger partial charge in [-0.05, 0) is 38.2 Å². The fraction of sp³-hybridized carbons (Fsp3) is 0.500. The highest BCUT2D eigenvalue weighted by Gasteiger charge is 2.03. The lowest BCUT2D eigenvalue weighted by atomic mass is 10.1. The molecule has 0 atom stereocenters. The van der Waals surface area contributed by atoms with Crippen molar-refractivity contribution >= 4 is 5.97 Å². The number of rotatable bonds is 7. The van der Waals surface area contributed by atoms with Crippen LogP contribution in [0.15, 0.2) is 24.3 Å². The van der Waals surface area contributed by atoms with Gasteiger partial charge in [-0.1, -0.05) is 12.1 Å². The van der Waals surface area contributed by atoms with Crippen molar-refractivity contribution in [2.75, 3.05) is 34.4 Å². The zero-order chi connectivity index (χ0) is 13.4. The summed E-state index contributed by atoms with van der Waals surface area (Å²) in [6, 6.07) is 7.56. The Hall–Kier alpha value is -1.55. The second-order valence-corrected chi connectivity index (χ2v) is 4.41. The van der Waals surface area contributed by atoms with Crippen LogP contribution in [0, 0.1) is 0 Å². The summed E-state index contributed by atoms with van der Waals surface area (Å²) in [5.74, 6) is 0.565. The Morgan fingerprint density at radius 2 is 2.11 bits per heavy atom. The number of esters is 1. The molecule has 18 heavy (non-hydrogen) atoms. The van der Waals surface area contributed by atoms with Crippen LogP contribution in [-0.4, -0.2) is 45.2 Å². The van der Waals surface area contributed by atoms with E-state index in [9.17, 15) is 4.79 Å². The van der Waals surface area contributed by atoms with Crippen molar-refractivity contribution in [2.24, 2.45) is 0 Å². The molecule has 0 aliphatic rings. The van der Waals surface area contributed by atoms with Gasteiger partial charge in [0.05, 0.1) is 20.1 Å². The maximum Gasteiger partial charge on any atom is 0.309 e. The van der Waals surface area contributed by atoms with Gasteiger partial charge in [0.25, 0.3) is 0 Å². The maximum absolute atomic E-state index is 11.2. The van der Waals surface area contributed by atoms with E-state index in [0.29, 0.717) is 6.61 Å². The van der Waals surface area contributed by atoms with E-state index < -0.39 is 0 Å². The van der Waals surface area contributed by atoms with Crippen molar-refractivity contribution in [2.45, 2.75) is 12.8 Å². The summed E-state index contributed by atoms with van der Waals surface area (Å²) in [7, 11) is 5.47. The SMILES string of the molecule is COC(=O)Cc1cccc(OCCCN(C)C)c1. The number of benzene rings is 1. The van der Waals surface area contributed by atoms with Gasteiger partial charge in [-0.3, -0.25) is 4.79 Å². The Balaban J connectivity index is 2.42. The van der Waals surface area contributed by atoms with Crippen molar-refractivity contribution in [3.8, 4) is 5.75 Å². The fourth-order valence-corrected chi connectivity index (χ4v) is 1.55. The third-order valence-corrected chi connectivity index (χ3v) is 2.49. The molecule has 0 aliphatic heterocycles. The third kappa shape index (κ3) is 5.68. The monoisotopic (exact) mass is 251 g/mol. The first kappa shape index (κ1) is 14.5. The molecule has 0 spiro atoms. The average Bonchev–Trinajstić information content (AvgIpc) is 2.35. The largest absolute Gasteiger partial charge is 0.494 e. The highest BCUT2D eigenvalue weighted by atomic mass is 16.5. The van der Waals surface area contributed by atoms with Crippen LogP contribution in [0.25, 0.3) is 0 Å². The molecule has 0 heterocycles. The van der Waals surface area contributed by atoms with Crippen LogP contribution in [-0.2, 0) is 16.0 Å². The predicted molar refractivity (Wildman–Crippen MR) is 70.8 cm³/mol. The molecule has 0 N–H and O–H groups in total. The van der Waals surface area contributed by atoms with Gasteiger partial charge in [0.1, 0.15) is 5.75 Å². The van der Waals surface area contributed by atoms with Gasteiger partial charge in [0.15, 0.2) is 0 Å². The van der Waals surface area contributed by atoms with Gasteiger partial charge in [0.2, 0.25) is 0 Å². The minimum atomic E-state index is -0.236. The van der Waals surface area contributed by atoms with Crippen molar-refractivity contribution in [1.82, 2.24) is 4.90 Å². The summed E-state index contributed by atoms with van der Waals surface area (Å²) < 4.78 is 10.3. The van der Waals surface area contributed by atoms with E-state index >= 15 is 0 Å². The highest BCUT2D eigenvalue weighted by molar-refractivity contribution is 5.72. The molecule has 0 fully saturated rings. The molecule has 0 bridgehead atoms. The Labute approximate surface area is 108 Å². The topological polar surface area (TPSA) is 38.8 Å².